The van der Waals surface area contributed by atoms with Crippen molar-refractivity contribution < 1.29 is 18.9 Å². The average molecular weight is 154 g/mol. The molecule has 0 amide bonds. The van der Waals surface area contributed by atoms with E-state index < -0.39 is 0 Å². The third-order valence-corrected chi connectivity index (χ3v) is 2.61. The Morgan fingerprint density at radius 1 is 1.17 bits per heavy atom. The van der Waals surface area contributed by atoms with Gasteiger partial charge in [0.1, 0.15) is 0 Å². The first kappa shape index (κ1) is 10.0. The normalized spacial score (nSPS) is 16.1. The summed E-state index contributed by atoms with van der Waals surface area (Å²) in [7, 11) is 0. The van der Waals surface area contributed by atoms with Crippen molar-refractivity contribution in [3.05, 3.63) is 28.8 Å². The Labute approximate surface area is 86.9 Å². The average Bonchev–Trinajstić information content (AvgIpc) is 2.17. The van der Waals surface area contributed by atoms with Gasteiger partial charge in [-0.15, -0.1) is 0 Å². The molecule has 12 heavy (non-hydrogen) atoms. The molecule has 1 aliphatic carbocycles. The van der Waals surface area contributed by atoms with E-state index in [9.17, 15) is 0 Å². The van der Waals surface area contributed by atoms with E-state index >= 15 is 0 Å². The zero-order valence-electron chi connectivity index (χ0n) is 8.19. The van der Waals surface area contributed by atoms with Crippen molar-refractivity contribution in [3.8, 4) is 0 Å². The first-order valence-corrected chi connectivity index (χ1v) is 4.61. The Balaban J connectivity index is 0.000000720. The van der Waals surface area contributed by atoms with Crippen LogP contribution in [-0.4, -0.2) is 0 Å². The second-order valence-corrected chi connectivity index (χ2v) is 3.64. The first-order valence-electron chi connectivity index (χ1n) is 4.61. The van der Waals surface area contributed by atoms with Gasteiger partial charge in [0.2, 0.25) is 0 Å². The number of hydrogen-bond donors (Lipinski definition) is 0. The summed E-state index contributed by atoms with van der Waals surface area (Å²) >= 11 is 0. The van der Waals surface area contributed by atoms with E-state index in [4.69, 9.17) is 0 Å². The standard InChI is InChI=1S/C11H15.Li/c1-9-7-10-5-3-2-4-6-11(10)8-9;/h7-8H,2-6H2,1H3;/q-1;+1. The van der Waals surface area contributed by atoms with Gasteiger partial charge in [-0.25, -0.2) is 6.07 Å². The smallest absolute Gasteiger partial charge is 0.207 e. The van der Waals surface area contributed by atoms with Gasteiger partial charge in [-0.3, -0.25) is 0 Å². The van der Waals surface area contributed by atoms with Crippen molar-refractivity contribution in [2.45, 2.75) is 39.0 Å². The van der Waals surface area contributed by atoms with Crippen molar-refractivity contribution in [1.29, 1.82) is 0 Å². The van der Waals surface area contributed by atoms with E-state index in [1.165, 1.54) is 37.7 Å². The fourth-order valence-corrected chi connectivity index (χ4v) is 2.05. The molecule has 0 heterocycles. The summed E-state index contributed by atoms with van der Waals surface area (Å²) in [6.07, 6.45) is 6.87. The van der Waals surface area contributed by atoms with Crippen molar-refractivity contribution >= 4 is 0 Å². The third-order valence-electron chi connectivity index (χ3n) is 2.61. The molecule has 0 saturated carbocycles. The Morgan fingerprint density at radius 2 is 1.92 bits per heavy atom. The molecule has 0 aromatic heterocycles. The molecule has 0 saturated heterocycles. The van der Waals surface area contributed by atoms with Crippen LogP contribution < -0.4 is 18.9 Å². The summed E-state index contributed by atoms with van der Waals surface area (Å²) in [5.74, 6) is 0. The third kappa shape index (κ3) is 2.00. The maximum absolute atomic E-state index is 2.36. The van der Waals surface area contributed by atoms with Gasteiger partial charge in [0.15, 0.2) is 0 Å². The van der Waals surface area contributed by atoms with Gasteiger partial charge >= 0.3 is 18.9 Å². The van der Waals surface area contributed by atoms with Crippen LogP contribution in [0.1, 0.15) is 36.0 Å². The van der Waals surface area contributed by atoms with Gasteiger partial charge in [-0.05, 0) is 0 Å². The summed E-state index contributed by atoms with van der Waals surface area (Å²) in [4.78, 5) is 0. The monoisotopic (exact) mass is 154 g/mol. The molecule has 60 valence electrons. The molecule has 0 aliphatic heterocycles. The number of aryl methyl sites for hydroxylation is 3. The molecule has 0 fully saturated rings. The Hall–Kier alpha value is -0.0526. The molecule has 0 radical (unpaired) electrons. The van der Waals surface area contributed by atoms with Crippen LogP contribution in [0.4, 0.5) is 0 Å². The second-order valence-electron chi connectivity index (χ2n) is 3.64. The van der Waals surface area contributed by atoms with E-state index in [-0.39, 0.29) is 18.9 Å². The van der Waals surface area contributed by atoms with Crippen LogP contribution >= 0.6 is 0 Å². The van der Waals surface area contributed by atoms with E-state index in [0.717, 1.165) is 0 Å². The van der Waals surface area contributed by atoms with E-state index in [0.29, 0.717) is 0 Å². The van der Waals surface area contributed by atoms with Crippen molar-refractivity contribution in [2.24, 2.45) is 0 Å². The summed E-state index contributed by atoms with van der Waals surface area (Å²) in [5.41, 5.74) is 4.71. The van der Waals surface area contributed by atoms with Crippen molar-refractivity contribution in [1.82, 2.24) is 0 Å². The molecule has 1 aliphatic rings. The fourth-order valence-electron chi connectivity index (χ4n) is 2.05. The summed E-state index contributed by atoms with van der Waals surface area (Å²) in [6.45, 7) is 2.20. The molecule has 0 unspecified atom stereocenters. The zero-order chi connectivity index (χ0) is 7.68. The van der Waals surface area contributed by atoms with Crippen LogP contribution in [0.15, 0.2) is 12.1 Å². The predicted molar refractivity (Wildman–Crippen MR) is 48.0 cm³/mol. The van der Waals surface area contributed by atoms with Gasteiger partial charge < -0.3 is 0 Å². The molecular weight excluding hydrogens is 139 g/mol. The van der Waals surface area contributed by atoms with Crippen LogP contribution in [-0.2, 0) is 12.8 Å². The summed E-state index contributed by atoms with van der Waals surface area (Å²) in [6, 6.07) is 4.72. The van der Waals surface area contributed by atoms with Crippen molar-refractivity contribution in [2.75, 3.05) is 0 Å². The Kier molecular flexibility index (Phi) is 3.56. The molecule has 0 N–H and O–H groups in total. The largest absolute Gasteiger partial charge is 1.00 e. The molecule has 0 atom stereocenters. The minimum atomic E-state index is 0. The number of fused-ring (bicyclic) bond motifs is 1. The summed E-state index contributed by atoms with van der Waals surface area (Å²) in [5, 5.41) is 0. The second kappa shape index (κ2) is 4.26. The molecule has 0 nitrogen and oxygen atoms in total. The zero-order valence-corrected chi connectivity index (χ0v) is 8.19. The molecule has 1 heteroatoms. The van der Waals surface area contributed by atoms with E-state index in [1.807, 2.05) is 0 Å². The maximum Gasteiger partial charge on any atom is 1.00 e. The van der Waals surface area contributed by atoms with E-state index in [2.05, 4.69) is 19.1 Å². The van der Waals surface area contributed by atoms with Crippen LogP contribution in [0.2, 0.25) is 0 Å². The molecule has 1 aromatic rings. The van der Waals surface area contributed by atoms with Crippen LogP contribution in [0.25, 0.3) is 0 Å². The fraction of sp³-hybridized carbons (Fsp3) is 0.545. The van der Waals surface area contributed by atoms with Crippen LogP contribution in [0.5, 0.6) is 0 Å². The van der Waals surface area contributed by atoms with Crippen LogP contribution in [0, 0.1) is 6.92 Å². The van der Waals surface area contributed by atoms with Crippen molar-refractivity contribution in [3.63, 3.8) is 0 Å². The van der Waals surface area contributed by atoms with Gasteiger partial charge in [-0.1, -0.05) is 39.0 Å². The molecule has 1 aromatic carbocycles. The van der Waals surface area contributed by atoms with Gasteiger partial charge in [0.25, 0.3) is 0 Å². The Morgan fingerprint density at radius 3 is 2.75 bits per heavy atom. The number of rotatable bonds is 0. The maximum atomic E-state index is 2.36. The molecule has 0 bridgehead atoms. The van der Waals surface area contributed by atoms with Gasteiger partial charge in [-0.2, -0.15) is 22.8 Å². The molecule has 0 spiro atoms. The van der Waals surface area contributed by atoms with Gasteiger partial charge in [0, 0.05) is 0 Å². The molecule has 2 rings (SSSR count). The minimum absolute atomic E-state index is 0. The van der Waals surface area contributed by atoms with E-state index in [1.54, 1.807) is 11.1 Å². The first-order chi connectivity index (χ1) is 5.36. The Bertz CT molecular complexity index is 224. The van der Waals surface area contributed by atoms with Gasteiger partial charge in [0.05, 0.1) is 0 Å². The topological polar surface area (TPSA) is 0 Å². The minimum Gasteiger partial charge on any atom is -0.207 e. The SMILES string of the molecule is Cc1cc2c([cH-]1)CCCCC2.[Li+]. The summed E-state index contributed by atoms with van der Waals surface area (Å²) < 4.78 is 0. The molecular formula is C11H15Li. The predicted octanol–water partition coefficient (Wildman–Crippen LogP) is -0.0132. The van der Waals surface area contributed by atoms with Crippen LogP contribution in [0.3, 0.4) is 0 Å². The number of hydrogen-bond acceptors (Lipinski definition) is 0. The quantitative estimate of drug-likeness (QED) is 0.280.